The molecule has 1 aromatic carbocycles. The van der Waals surface area contributed by atoms with Crippen molar-refractivity contribution in [2.75, 3.05) is 0 Å². The van der Waals surface area contributed by atoms with Gasteiger partial charge in [0.15, 0.2) is 0 Å². The Balaban J connectivity index is 2.00. The molecule has 18 heavy (non-hydrogen) atoms. The van der Waals surface area contributed by atoms with Gasteiger partial charge >= 0.3 is 0 Å². The maximum absolute atomic E-state index is 4.43. The molecule has 0 bridgehead atoms. The van der Waals surface area contributed by atoms with Crippen LogP contribution >= 0.6 is 23.1 Å². The highest BCUT2D eigenvalue weighted by Gasteiger charge is 2.07. The summed E-state index contributed by atoms with van der Waals surface area (Å²) in [5.41, 5.74) is 2.22. The van der Waals surface area contributed by atoms with E-state index in [1.54, 1.807) is 23.1 Å². The highest BCUT2D eigenvalue weighted by molar-refractivity contribution is 8.01. The summed E-state index contributed by atoms with van der Waals surface area (Å²) >= 11 is 3.56. The molecule has 0 saturated heterocycles. The van der Waals surface area contributed by atoms with Crippen molar-refractivity contribution < 1.29 is 0 Å². The van der Waals surface area contributed by atoms with E-state index in [0.717, 1.165) is 5.69 Å². The maximum Gasteiger partial charge on any atom is 0.0713 e. The predicted molar refractivity (Wildman–Crippen MR) is 78.1 cm³/mol. The molecule has 1 nitrogen and oxygen atoms in total. The number of benzene rings is 1. The molecule has 0 unspecified atom stereocenters. The Labute approximate surface area is 115 Å². The molecule has 0 atom stereocenters. The van der Waals surface area contributed by atoms with Crippen LogP contribution in [0.5, 0.6) is 0 Å². The summed E-state index contributed by atoms with van der Waals surface area (Å²) in [4.78, 5) is 5.68. The Morgan fingerprint density at radius 2 is 1.78 bits per heavy atom. The molecule has 0 N–H and O–H groups in total. The van der Waals surface area contributed by atoms with Gasteiger partial charge in [0.05, 0.1) is 9.90 Å². The second kappa shape index (κ2) is 5.38. The van der Waals surface area contributed by atoms with Crippen molar-refractivity contribution in [1.82, 2.24) is 4.98 Å². The summed E-state index contributed by atoms with van der Waals surface area (Å²) in [7, 11) is 0. The molecule has 0 spiro atoms. The summed E-state index contributed by atoms with van der Waals surface area (Å²) in [6.45, 7) is 0. The van der Waals surface area contributed by atoms with Crippen LogP contribution in [0.2, 0.25) is 0 Å². The number of thiophene rings is 1. The molecule has 0 aliphatic carbocycles. The molecule has 3 heteroatoms. The van der Waals surface area contributed by atoms with Crippen molar-refractivity contribution >= 4 is 23.1 Å². The molecule has 0 aliphatic heterocycles. The van der Waals surface area contributed by atoms with Gasteiger partial charge in [-0.2, -0.15) is 0 Å². The molecular weight excluding hydrogens is 258 g/mol. The van der Waals surface area contributed by atoms with Crippen molar-refractivity contribution in [2.24, 2.45) is 0 Å². The molecule has 0 amide bonds. The van der Waals surface area contributed by atoms with Gasteiger partial charge < -0.3 is 0 Å². The third-order valence-corrected chi connectivity index (χ3v) is 4.65. The third kappa shape index (κ3) is 2.47. The Hall–Kier alpha value is -1.58. The van der Waals surface area contributed by atoms with Crippen molar-refractivity contribution in [2.45, 2.75) is 9.10 Å². The molecule has 3 aromatic rings. The smallest absolute Gasteiger partial charge is 0.0713 e. The summed E-state index contributed by atoms with van der Waals surface area (Å²) in [6.07, 6.45) is 1.84. The Kier molecular flexibility index (Phi) is 3.44. The van der Waals surface area contributed by atoms with Crippen LogP contribution < -0.4 is 0 Å². The average molecular weight is 269 g/mol. The van der Waals surface area contributed by atoms with Gasteiger partial charge in [0.1, 0.15) is 0 Å². The van der Waals surface area contributed by atoms with E-state index in [-0.39, 0.29) is 0 Å². The lowest BCUT2D eigenvalue weighted by atomic mass is 10.1. The molecular formula is C15H11NS2. The lowest BCUT2D eigenvalue weighted by molar-refractivity contribution is 1.29. The molecule has 0 aliphatic rings. The largest absolute Gasteiger partial charge is 0.256 e. The number of nitrogens with zero attached hydrogens (tertiary/aromatic N) is 1. The van der Waals surface area contributed by atoms with Crippen LogP contribution in [-0.4, -0.2) is 4.98 Å². The van der Waals surface area contributed by atoms with Crippen molar-refractivity contribution in [3.05, 3.63) is 66.2 Å². The Bertz CT molecular complexity index is 618. The highest BCUT2D eigenvalue weighted by Crippen LogP contribution is 2.36. The summed E-state index contributed by atoms with van der Waals surface area (Å²) in [5.74, 6) is 0. The van der Waals surface area contributed by atoms with Gasteiger partial charge in [-0.25, -0.2) is 0 Å². The fraction of sp³-hybridized carbons (Fsp3) is 0. The normalized spacial score (nSPS) is 10.4. The molecule has 0 saturated carbocycles. The van der Waals surface area contributed by atoms with Gasteiger partial charge in [0.2, 0.25) is 0 Å². The first-order valence-electron chi connectivity index (χ1n) is 5.65. The summed E-state index contributed by atoms with van der Waals surface area (Å²) in [5, 5.41) is 2.10. The van der Waals surface area contributed by atoms with E-state index >= 15 is 0 Å². The van der Waals surface area contributed by atoms with Gasteiger partial charge in [-0.3, -0.25) is 4.98 Å². The number of hydrogen-bond acceptors (Lipinski definition) is 3. The van der Waals surface area contributed by atoms with Crippen LogP contribution in [0.1, 0.15) is 0 Å². The van der Waals surface area contributed by atoms with Crippen molar-refractivity contribution in [3.63, 3.8) is 0 Å². The minimum Gasteiger partial charge on any atom is -0.256 e. The highest BCUT2D eigenvalue weighted by atomic mass is 32.2. The zero-order valence-corrected chi connectivity index (χ0v) is 11.2. The lowest BCUT2D eigenvalue weighted by Gasteiger charge is -2.07. The first kappa shape index (κ1) is 11.5. The van der Waals surface area contributed by atoms with Crippen LogP contribution in [-0.2, 0) is 0 Å². The van der Waals surface area contributed by atoms with Crippen molar-refractivity contribution in [1.29, 1.82) is 0 Å². The Morgan fingerprint density at radius 3 is 2.56 bits per heavy atom. The first-order valence-corrected chi connectivity index (χ1v) is 7.35. The number of hydrogen-bond donors (Lipinski definition) is 0. The quantitative estimate of drug-likeness (QED) is 0.666. The standard InChI is InChI=1S/C15H11NS2/c1-2-8-14(18-15-9-5-11-17-15)12(6-1)13-7-3-4-10-16-13/h1-11H. The van der Waals surface area contributed by atoms with Crippen molar-refractivity contribution in [3.8, 4) is 11.3 Å². The lowest BCUT2D eigenvalue weighted by Crippen LogP contribution is -1.84. The first-order chi connectivity index (χ1) is 8.93. The Morgan fingerprint density at radius 1 is 0.889 bits per heavy atom. The van der Waals surface area contributed by atoms with Gasteiger partial charge in [-0.1, -0.05) is 42.1 Å². The third-order valence-electron chi connectivity index (χ3n) is 2.53. The van der Waals surface area contributed by atoms with Crippen LogP contribution in [0.15, 0.2) is 75.3 Å². The molecule has 0 fully saturated rings. The number of pyridine rings is 1. The van der Waals surface area contributed by atoms with Crippen LogP contribution in [0.25, 0.3) is 11.3 Å². The number of rotatable bonds is 3. The van der Waals surface area contributed by atoms with Crippen LogP contribution in [0.4, 0.5) is 0 Å². The zero-order chi connectivity index (χ0) is 12.2. The van der Waals surface area contributed by atoms with E-state index in [4.69, 9.17) is 0 Å². The summed E-state index contributed by atoms with van der Waals surface area (Å²) in [6, 6.07) is 18.6. The van der Waals surface area contributed by atoms with E-state index < -0.39 is 0 Å². The predicted octanol–water partition coefficient (Wildman–Crippen LogP) is 4.96. The molecule has 3 rings (SSSR count). The van der Waals surface area contributed by atoms with E-state index in [9.17, 15) is 0 Å². The van der Waals surface area contributed by atoms with Gasteiger partial charge in [-0.05, 0) is 29.6 Å². The number of aromatic nitrogens is 1. The second-order valence-corrected chi connectivity index (χ2v) is 6.04. The van der Waals surface area contributed by atoms with E-state index in [1.807, 2.05) is 24.4 Å². The fourth-order valence-corrected chi connectivity index (χ4v) is 3.59. The molecule has 2 heterocycles. The zero-order valence-electron chi connectivity index (χ0n) is 9.61. The average Bonchev–Trinajstić information content (AvgIpc) is 2.93. The maximum atomic E-state index is 4.43. The SMILES string of the molecule is c1ccc(-c2ccccc2Sc2cccs2)nc1. The van der Waals surface area contributed by atoms with E-state index in [2.05, 4.69) is 46.8 Å². The monoisotopic (exact) mass is 269 g/mol. The van der Waals surface area contributed by atoms with E-state index in [0.29, 0.717) is 0 Å². The fourth-order valence-electron chi connectivity index (χ4n) is 1.72. The molecule has 88 valence electrons. The topological polar surface area (TPSA) is 12.9 Å². The second-order valence-electron chi connectivity index (χ2n) is 3.75. The molecule has 2 aromatic heterocycles. The van der Waals surface area contributed by atoms with E-state index in [1.165, 1.54) is 14.7 Å². The van der Waals surface area contributed by atoms with Gasteiger partial charge in [0.25, 0.3) is 0 Å². The van der Waals surface area contributed by atoms with Gasteiger partial charge in [-0.15, -0.1) is 11.3 Å². The molecule has 0 radical (unpaired) electrons. The van der Waals surface area contributed by atoms with Gasteiger partial charge in [0, 0.05) is 16.7 Å². The minimum atomic E-state index is 1.03. The summed E-state index contributed by atoms with van der Waals surface area (Å²) < 4.78 is 1.30. The minimum absolute atomic E-state index is 1.03. The van der Waals surface area contributed by atoms with Crippen LogP contribution in [0.3, 0.4) is 0 Å². The van der Waals surface area contributed by atoms with Crippen LogP contribution in [0, 0.1) is 0 Å².